The minimum atomic E-state index is -0.572. The van der Waals surface area contributed by atoms with E-state index < -0.39 is 6.04 Å². The number of hydrogen-bond acceptors (Lipinski definition) is 3. The summed E-state index contributed by atoms with van der Waals surface area (Å²) in [6, 6.07) is 6.79. The van der Waals surface area contributed by atoms with Gasteiger partial charge in [-0.3, -0.25) is 14.3 Å². The molecule has 1 aliphatic rings. The molecule has 2 N–H and O–H groups in total. The monoisotopic (exact) mass is 312 g/mol. The fourth-order valence-corrected chi connectivity index (χ4v) is 2.98. The van der Waals surface area contributed by atoms with Gasteiger partial charge in [-0.25, -0.2) is 0 Å². The van der Waals surface area contributed by atoms with Gasteiger partial charge in [0.05, 0.1) is 5.69 Å². The smallest absolute Gasteiger partial charge is 0.252 e. The van der Waals surface area contributed by atoms with E-state index in [-0.39, 0.29) is 11.8 Å². The van der Waals surface area contributed by atoms with Crippen LogP contribution >= 0.6 is 0 Å². The number of carbonyl (C=O) groups is 2. The molecule has 120 valence electrons. The summed E-state index contributed by atoms with van der Waals surface area (Å²) in [7, 11) is 1.80. The quantitative estimate of drug-likeness (QED) is 0.903. The molecule has 2 amide bonds. The van der Waals surface area contributed by atoms with Gasteiger partial charge in [-0.15, -0.1) is 0 Å². The van der Waals surface area contributed by atoms with Gasteiger partial charge < -0.3 is 10.6 Å². The van der Waals surface area contributed by atoms with E-state index in [1.54, 1.807) is 17.8 Å². The van der Waals surface area contributed by atoms with Crippen LogP contribution in [0.15, 0.2) is 24.3 Å². The third kappa shape index (κ3) is 2.72. The van der Waals surface area contributed by atoms with Gasteiger partial charge in [-0.2, -0.15) is 5.10 Å². The normalized spacial score (nSPS) is 16.7. The number of benzene rings is 1. The molecule has 0 radical (unpaired) electrons. The largest absolute Gasteiger partial charge is 0.340 e. The zero-order chi connectivity index (χ0) is 16.6. The van der Waals surface area contributed by atoms with E-state index in [0.29, 0.717) is 17.8 Å². The van der Waals surface area contributed by atoms with Gasteiger partial charge in [-0.05, 0) is 25.0 Å². The van der Waals surface area contributed by atoms with Crippen molar-refractivity contribution in [1.29, 1.82) is 0 Å². The van der Waals surface area contributed by atoms with Crippen LogP contribution in [-0.2, 0) is 24.7 Å². The highest BCUT2D eigenvalue weighted by molar-refractivity contribution is 6.03. The summed E-state index contributed by atoms with van der Waals surface area (Å²) in [5, 5.41) is 10.1. The van der Waals surface area contributed by atoms with Crippen LogP contribution in [0.4, 0.5) is 5.82 Å². The van der Waals surface area contributed by atoms with Gasteiger partial charge in [0.1, 0.15) is 11.9 Å². The minimum Gasteiger partial charge on any atom is -0.340 e. The molecule has 2 aromatic rings. The maximum atomic E-state index is 12.6. The fraction of sp³-hybridized carbons (Fsp3) is 0.353. The number of carbonyl (C=O) groups excluding carboxylic acids is 2. The summed E-state index contributed by atoms with van der Waals surface area (Å²) in [6.07, 6.45) is 1.30. The number of rotatable bonds is 3. The lowest BCUT2D eigenvalue weighted by Gasteiger charge is -2.24. The van der Waals surface area contributed by atoms with Crippen LogP contribution in [0, 0.1) is 6.92 Å². The molecule has 23 heavy (non-hydrogen) atoms. The Balaban J connectivity index is 1.80. The van der Waals surface area contributed by atoms with Crippen LogP contribution in [0.1, 0.15) is 34.1 Å². The molecule has 0 saturated carbocycles. The van der Waals surface area contributed by atoms with Crippen LogP contribution in [0.25, 0.3) is 0 Å². The molecule has 6 heteroatoms. The predicted octanol–water partition coefficient (Wildman–Crippen LogP) is 1.58. The summed E-state index contributed by atoms with van der Waals surface area (Å²) >= 11 is 0. The van der Waals surface area contributed by atoms with Crippen LogP contribution in [0.2, 0.25) is 0 Å². The van der Waals surface area contributed by atoms with Crippen LogP contribution in [0.3, 0.4) is 0 Å². The van der Waals surface area contributed by atoms with Gasteiger partial charge >= 0.3 is 0 Å². The van der Waals surface area contributed by atoms with E-state index in [1.165, 1.54) is 0 Å². The number of aryl methyl sites for hydroxylation is 2. The summed E-state index contributed by atoms with van der Waals surface area (Å²) in [5.74, 6) is 0.254. The van der Waals surface area contributed by atoms with Crippen molar-refractivity contribution in [2.24, 2.45) is 7.05 Å². The molecule has 1 aromatic heterocycles. The average Bonchev–Trinajstić information content (AvgIpc) is 2.82. The molecule has 1 aromatic carbocycles. The molecule has 0 bridgehead atoms. The van der Waals surface area contributed by atoms with E-state index in [4.69, 9.17) is 0 Å². The first-order chi connectivity index (χ1) is 11.0. The molecule has 1 unspecified atom stereocenters. The maximum Gasteiger partial charge on any atom is 0.252 e. The lowest BCUT2D eigenvalue weighted by Crippen LogP contribution is -2.48. The van der Waals surface area contributed by atoms with Gasteiger partial charge in [0.2, 0.25) is 5.91 Å². The third-order valence-corrected chi connectivity index (χ3v) is 4.27. The fourth-order valence-electron chi connectivity index (χ4n) is 2.98. The highest BCUT2D eigenvalue weighted by atomic mass is 16.2. The van der Waals surface area contributed by atoms with Crippen molar-refractivity contribution >= 4 is 17.6 Å². The first-order valence-corrected chi connectivity index (χ1v) is 7.73. The molecule has 0 aliphatic carbocycles. The Kier molecular flexibility index (Phi) is 3.90. The van der Waals surface area contributed by atoms with E-state index in [1.807, 2.05) is 32.0 Å². The van der Waals surface area contributed by atoms with Crippen molar-refractivity contribution in [2.45, 2.75) is 32.7 Å². The SMILES string of the molecule is CCc1nn(C)c(NC(=O)C2Cc3ccccc3C(=O)N2)c1C. The molecule has 0 spiro atoms. The van der Waals surface area contributed by atoms with Crippen LogP contribution in [0.5, 0.6) is 0 Å². The molecule has 0 saturated heterocycles. The van der Waals surface area contributed by atoms with Gasteiger partial charge in [0.25, 0.3) is 5.91 Å². The van der Waals surface area contributed by atoms with Crippen molar-refractivity contribution in [1.82, 2.24) is 15.1 Å². The first kappa shape index (κ1) is 15.3. The van der Waals surface area contributed by atoms with Crippen molar-refractivity contribution in [3.05, 3.63) is 46.6 Å². The lowest BCUT2D eigenvalue weighted by molar-refractivity contribution is -0.118. The standard InChI is InChI=1S/C17H20N4O2/c1-4-13-10(2)15(21(3)20-13)19-17(23)14-9-11-7-5-6-8-12(11)16(22)18-14/h5-8,14H,4,9H2,1-3H3,(H,18,22)(H,19,23). The Hall–Kier alpha value is -2.63. The number of fused-ring (bicyclic) bond motifs is 1. The topological polar surface area (TPSA) is 76.0 Å². The Morgan fingerprint density at radius 3 is 2.87 bits per heavy atom. The molecular weight excluding hydrogens is 292 g/mol. The predicted molar refractivity (Wildman–Crippen MR) is 87.4 cm³/mol. The number of nitrogens with one attached hydrogen (secondary N) is 2. The van der Waals surface area contributed by atoms with Crippen molar-refractivity contribution < 1.29 is 9.59 Å². The third-order valence-electron chi connectivity index (χ3n) is 4.27. The van der Waals surface area contributed by atoms with Crippen LogP contribution in [-0.4, -0.2) is 27.6 Å². The summed E-state index contributed by atoms with van der Waals surface area (Å²) < 4.78 is 1.67. The van der Waals surface area contributed by atoms with Crippen molar-refractivity contribution in [2.75, 3.05) is 5.32 Å². The molecule has 1 aliphatic heterocycles. The number of nitrogens with zero attached hydrogens (tertiary/aromatic N) is 2. The maximum absolute atomic E-state index is 12.6. The zero-order valence-corrected chi connectivity index (χ0v) is 13.5. The lowest BCUT2D eigenvalue weighted by atomic mass is 9.95. The minimum absolute atomic E-state index is 0.206. The highest BCUT2D eigenvalue weighted by Crippen LogP contribution is 2.21. The van der Waals surface area contributed by atoms with Gasteiger partial charge in [0, 0.05) is 24.6 Å². The van der Waals surface area contributed by atoms with Crippen molar-refractivity contribution in [3.8, 4) is 0 Å². The van der Waals surface area contributed by atoms with Crippen LogP contribution < -0.4 is 10.6 Å². The molecule has 3 rings (SSSR count). The van der Waals surface area contributed by atoms with E-state index in [0.717, 1.165) is 23.2 Å². The average molecular weight is 312 g/mol. The molecular formula is C17H20N4O2. The summed E-state index contributed by atoms with van der Waals surface area (Å²) in [4.78, 5) is 24.7. The Morgan fingerprint density at radius 1 is 1.43 bits per heavy atom. The molecule has 2 heterocycles. The number of anilines is 1. The Morgan fingerprint density at radius 2 is 2.17 bits per heavy atom. The van der Waals surface area contributed by atoms with E-state index in [2.05, 4.69) is 15.7 Å². The second kappa shape index (κ2) is 5.87. The molecule has 6 nitrogen and oxygen atoms in total. The number of hydrogen-bond donors (Lipinski definition) is 2. The Labute approximate surface area is 134 Å². The summed E-state index contributed by atoms with van der Waals surface area (Å²) in [6.45, 7) is 3.97. The summed E-state index contributed by atoms with van der Waals surface area (Å²) in [5.41, 5.74) is 3.46. The number of amides is 2. The molecule has 1 atom stereocenters. The van der Waals surface area contributed by atoms with E-state index >= 15 is 0 Å². The van der Waals surface area contributed by atoms with Gasteiger partial charge in [-0.1, -0.05) is 25.1 Å². The Bertz CT molecular complexity index is 779. The highest BCUT2D eigenvalue weighted by Gasteiger charge is 2.29. The van der Waals surface area contributed by atoms with Gasteiger partial charge in [0.15, 0.2) is 0 Å². The first-order valence-electron chi connectivity index (χ1n) is 7.73. The second-order valence-corrected chi connectivity index (χ2v) is 5.77. The number of aromatic nitrogens is 2. The van der Waals surface area contributed by atoms with Crippen molar-refractivity contribution in [3.63, 3.8) is 0 Å². The zero-order valence-electron chi connectivity index (χ0n) is 13.5. The second-order valence-electron chi connectivity index (χ2n) is 5.77. The van der Waals surface area contributed by atoms with E-state index in [9.17, 15) is 9.59 Å². The molecule has 0 fully saturated rings.